The van der Waals surface area contributed by atoms with E-state index in [-0.39, 0.29) is 18.7 Å². The van der Waals surface area contributed by atoms with E-state index >= 15 is 0 Å². The third kappa shape index (κ3) is 3.32. The number of benzene rings is 1. The van der Waals surface area contributed by atoms with Crippen LogP contribution in [0.15, 0.2) is 18.2 Å². The van der Waals surface area contributed by atoms with Gasteiger partial charge < -0.3 is 15.3 Å². The minimum absolute atomic E-state index is 0.0229. The molecule has 2 rings (SSSR count). The molecule has 1 heterocycles. The van der Waals surface area contributed by atoms with E-state index < -0.39 is 0 Å². The number of aliphatic hydroxyl groups excluding tert-OH is 1. The summed E-state index contributed by atoms with van der Waals surface area (Å²) in [7, 11) is 0. The molecule has 0 saturated carbocycles. The second-order valence-corrected chi connectivity index (χ2v) is 5.67. The number of halogens is 2. The SMILES string of the molecule is CC1CCN(C(=O)Nc2cc(Cl)cc(Cl)c2)C1CO. The third-order valence-corrected chi connectivity index (χ3v) is 3.88. The molecule has 0 aliphatic carbocycles. The van der Waals surface area contributed by atoms with Gasteiger partial charge in [-0.1, -0.05) is 30.1 Å². The Morgan fingerprint density at radius 3 is 2.63 bits per heavy atom. The number of nitrogens with zero attached hydrogens (tertiary/aromatic N) is 1. The van der Waals surface area contributed by atoms with E-state index in [1.807, 2.05) is 6.92 Å². The standard InChI is InChI=1S/C13H16Cl2N2O2/c1-8-2-3-17(12(8)7-18)13(19)16-11-5-9(14)4-10(15)6-11/h4-6,8,12,18H,2-3,7H2,1H3,(H,16,19). The lowest BCUT2D eigenvalue weighted by Gasteiger charge is -2.25. The molecule has 0 radical (unpaired) electrons. The van der Waals surface area contributed by atoms with Crippen LogP contribution in [0.4, 0.5) is 10.5 Å². The molecule has 1 saturated heterocycles. The van der Waals surface area contributed by atoms with Crippen LogP contribution in [0.3, 0.4) is 0 Å². The van der Waals surface area contributed by atoms with Crippen LogP contribution in [-0.2, 0) is 0 Å². The van der Waals surface area contributed by atoms with E-state index in [9.17, 15) is 9.90 Å². The van der Waals surface area contributed by atoms with Gasteiger partial charge in [-0.3, -0.25) is 0 Å². The Kier molecular flexibility index (Phi) is 4.55. The Bertz CT molecular complexity index is 461. The van der Waals surface area contributed by atoms with Gasteiger partial charge >= 0.3 is 6.03 Å². The number of aliphatic hydroxyl groups is 1. The Balaban J connectivity index is 2.08. The Hall–Kier alpha value is -0.970. The second kappa shape index (κ2) is 5.99. The highest BCUT2D eigenvalue weighted by atomic mass is 35.5. The molecule has 2 amide bonds. The van der Waals surface area contributed by atoms with Gasteiger partial charge in [-0.05, 0) is 30.5 Å². The maximum Gasteiger partial charge on any atom is 0.322 e. The molecule has 0 bridgehead atoms. The molecule has 2 unspecified atom stereocenters. The lowest BCUT2D eigenvalue weighted by Crippen LogP contribution is -2.42. The van der Waals surface area contributed by atoms with Crippen molar-refractivity contribution in [1.82, 2.24) is 4.90 Å². The molecule has 19 heavy (non-hydrogen) atoms. The van der Waals surface area contributed by atoms with Crippen LogP contribution in [-0.4, -0.2) is 35.2 Å². The first-order valence-electron chi connectivity index (χ1n) is 6.16. The minimum Gasteiger partial charge on any atom is -0.394 e. The van der Waals surface area contributed by atoms with Crippen molar-refractivity contribution < 1.29 is 9.90 Å². The van der Waals surface area contributed by atoms with Gasteiger partial charge in [-0.15, -0.1) is 0 Å². The number of carbonyl (C=O) groups is 1. The predicted octanol–water partition coefficient (Wildman–Crippen LogP) is 3.23. The molecule has 4 nitrogen and oxygen atoms in total. The monoisotopic (exact) mass is 302 g/mol. The van der Waals surface area contributed by atoms with E-state index in [2.05, 4.69) is 5.32 Å². The molecule has 1 aromatic carbocycles. The topological polar surface area (TPSA) is 52.6 Å². The van der Waals surface area contributed by atoms with E-state index in [1.165, 1.54) is 0 Å². The number of likely N-dealkylation sites (tertiary alicyclic amines) is 1. The smallest absolute Gasteiger partial charge is 0.322 e. The Morgan fingerprint density at radius 2 is 2.05 bits per heavy atom. The molecule has 0 spiro atoms. The molecule has 2 N–H and O–H groups in total. The van der Waals surface area contributed by atoms with Crippen molar-refractivity contribution in [2.75, 3.05) is 18.5 Å². The van der Waals surface area contributed by atoms with Crippen LogP contribution >= 0.6 is 23.2 Å². The number of rotatable bonds is 2. The summed E-state index contributed by atoms with van der Waals surface area (Å²) in [5, 5.41) is 13.0. The Morgan fingerprint density at radius 1 is 1.42 bits per heavy atom. The molecule has 104 valence electrons. The van der Waals surface area contributed by atoms with E-state index in [4.69, 9.17) is 23.2 Å². The van der Waals surface area contributed by atoms with Crippen molar-refractivity contribution in [2.24, 2.45) is 5.92 Å². The van der Waals surface area contributed by atoms with Crippen molar-refractivity contribution in [3.05, 3.63) is 28.2 Å². The van der Waals surface area contributed by atoms with Gasteiger partial charge in [-0.2, -0.15) is 0 Å². The molecule has 6 heteroatoms. The maximum atomic E-state index is 12.2. The second-order valence-electron chi connectivity index (χ2n) is 4.80. The van der Waals surface area contributed by atoms with E-state index in [0.717, 1.165) is 6.42 Å². The number of hydrogen-bond acceptors (Lipinski definition) is 2. The highest BCUT2D eigenvalue weighted by Gasteiger charge is 2.33. The number of hydrogen-bond donors (Lipinski definition) is 2. The molecule has 1 aliphatic rings. The summed E-state index contributed by atoms with van der Waals surface area (Å²) < 4.78 is 0. The summed E-state index contributed by atoms with van der Waals surface area (Å²) in [6.45, 7) is 2.65. The van der Waals surface area contributed by atoms with Crippen LogP contribution < -0.4 is 5.32 Å². The fraction of sp³-hybridized carbons (Fsp3) is 0.462. The normalized spacial score (nSPS) is 22.6. The highest BCUT2D eigenvalue weighted by molar-refractivity contribution is 6.35. The number of nitrogens with one attached hydrogen (secondary N) is 1. The summed E-state index contributed by atoms with van der Waals surface area (Å²) in [6, 6.07) is 4.52. The van der Waals surface area contributed by atoms with Gasteiger partial charge in [0.15, 0.2) is 0 Å². The van der Waals surface area contributed by atoms with E-state index in [0.29, 0.717) is 28.2 Å². The largest absolute Gasteiger partial charge is 0.394 e. The molecule has 0 aromatic heterocycles. The highest BCUT2D eigenvalue weighted by Crippen LogP contribution is 2.26. The number of amides is 2. The zero-order valence-corrected chi connectivity index (χ0v) is 12.1. The quantitative estimate of drug-likeness (QED) is 0.881. The molecular formula is C13H16Cl2N2O2. The van der Waals surface area contributed by atoms with Gasteiger partial charge in [0.1, 0.15) is 0 Å². The van der Waals surface area contributed by atoms with Crippen LogP contribution in [0.2, 0.25) is 10.0 Å². The predicted molar refractivity (Wildman–Crippen MR) is 76.8 cm³/mol. The minimum atomic E-state index is -0.235. The number of anilines is 1. The fourth-order valence-electron chi connectivity index (χ4n) is 2.36. The van der Waals surface area contributed by atoms with Crippen molar-refractivity contribution in [3.8, 4) is 0 Å². The van der Waals surface area contributed by atoms with Gasteiger partial charge in [0, 0.05) is 22.3 Å². The van der Waals surface area contributed by atoms with Gasteiger partial charge in [-0.25, -0.2) is 4.79 Å². The molecule has 1 fully saturated rings. The third-order valence-electron chi connectivity index (χ3n) is 3.44. The average molecular weight is 303 g/mol. The van der Waals surface area contributed by atoms with Crippen LogP contribution in [0.5, 0.6) is 0 Å². The first kappa shape index (κ1) is 14.4. The maximum absolute atomic E-state index is 12.2. The van der Waals surface area contributed by atoms with Gasteiger partial charge in [0.05, 0.1) is 12.6 Å². The summed E-state index contributed by atoms with van der Waals surface area (Å²) >= 11 is 11.8. The van der Waals surface area contributed by atoms with Gasteiger partial charge in [0.25, 0.3) is 0 Å². The first-order valence-corrected chi connectivity index (χ1v) is 6.91. The number of urea groups is 1. The fourth-order valence-corrected chi connectivity index (χ4v) is 2.89. The van der Waals surface area contributed by atoms with Crippen molar-refractivity contribution >= 4 is 34.9 Å². The van der Waals surface area contributed by atoms with Crippen molar-refractivity contribution in [2.45, 2.75) is 19.4 Å². The average Bonchev–Trinajstić information content (AvgIpc) is 2.68. The van der Waals surface area contributed by atoms with Crippen molar-refractivity contribution in [1.29, 1.82) is 0 Å². The summed E-state index contributed by atoms with van der Waals surface area (Å²) in [5.41, 5.74) is 0.554. The molecular weight excluding hydrogens is 287 g/mol. The Labute approximate surface area is 122 Å². The lowest BCUT2D eigenvalue weighted by atomic mass is 10.0. The summed E-state index contributed by atoms with van der Waals surface area (Å²) in [4.78, 5) is 13.8. The van der Waals surface area contributed by atoms with Crippen LogP contribution in [0, 0.1) is 5.92 Å². The molecule has 2 atom stereocenters. The zero-order valence-electron chi connectivity index (χ0n) is 10.6. The summed E-state index contributed by atoms with van der Waals surface area (Å²) in [6.07, 6.45) is 0.898. The van der Waals surface area contributed by atoms with Crippen molar-refractivity contribution in [3.63, 3.8) is 0 Å². The summed E-state index contributed by atoms with van der Waals surface area (Å²) in [5.74, 6) is 0.304. The van der Waals surface area contributed by atoms with Crippen LogP contribution in [0.1, 0.15) is 13.3 Å². The molecule has 1 aliphatic heterocycles. The van der Waals surface area contributed by atoms with E-state index in [1.54, 1.807) is 23.1 Å². The number of carbonyl (C=O) groups excluding carboxylic acids is 1. The zero-order chi connectivity index (χ0) is 14.0. The van der Waals surface area contributed by atoms with Crippen LogP contribution in [0.25, 0.3) is 0 Å². The van der Waals surface area contributed by atoms with Gasteiger partial charge in [0.2, 0.25) is 0 Å². The molecule has 1 aromatic rings. The first-order chi connectivity index (χ1) is 9.01. The lowest BCUT2D eigenvalue weighted by molar-refractivity contribution is 0.152.